The van der Waals surface area contributed by atoms with Gasteiger partial charge in [-0.15, -0.1) is 0 Å². The van der Waals surface area contributed by atoms with Crippen LogP contribution in [-0.2, 0) is 0 Å². The molecule has 4 heteroatoms. The molecule has 0 amide bonds. The average molecular weight is 189 g/mol. The molecular weight excluding hydrogens is 178 g/mol. The number of nitrogens with two attached hydrogens (primary N) is 1. The topological polar surface area (TPSA) is 63.9 Å². The molecule has 0 aliphatic carbocycles. The number of ether oxygens (including phenoxy) is 1. The Morgan fingerprint density at radius 2 is 2.36 bits per heavy atom. The molecule has 72 valence electrons. The summed E-state index contributed by atoms with van der Waals surface area (Å²) in [4.78, 5) is 6.98. The summed E-state index contributed by atoms with van der Waals surface area (Å²) in [6.45, 7) is 0.187. The lowest BCUT2D eigenvalue weighted by atomic mass is 10.1. The van der Waals surface area contributed by atoms with Gasteiger partial charge in [-0.2, -0.15) is 0 Å². The number of aromatic nitrogens is 2. The molecule has 1 aromatic heterocycles. The molecule has 0 fully saturated rings. The van der Waals surface area contributed by atoms with E-state index in [0.29, 0.717) is 0 Å². The van der Waals surface area contributed by atoms with Gasteiger partial charge >= 0.3 is 0 Å². The summed E-state index contributed by atoms with van der Waals surface area (Å²) in [5.41, 5.74) is 7.29. The Kier molecular flexibility index (Phi) is 2.46. The molecule has 14 heavy (non-hydrogen) atoms. The first-order valence-electron chi connectivity index (χ1n) is 4.32. The van der Waals surface area contributed by atoms with Crippen molar-refractivity contribution in [2.75, 3.05) is 6.73 Å². The van der Waals surface area contributed by atoms with Crippen LogP contribution < -0.4 is 10.5 Å². The van der Waals surface area contributed by atoms with E-state index in [0.717, 1.165) is 17.0 Å². The predicted molar refractivity (Wildman–Crippen MR) is 53.7 cm³/mol. The average Bonchev–Trinajstić information content (AvgIpc) is 2.71. The van der Waals surface area contributed by atoms with E-state index in [9.17, 15) is 0 Å². The first-order chi connectivity index (χ1) is 6.90. The van der Waals surface area contributed by atoms with E-state index in [1.165, 1.54) is 0 Å². The molecule has 0 saturated heterocycles. The fourth-order valence-electron chi connectivity index (χ4n) is 1.26. The second kappa shape index (κ2) is 3.93. The lowest BCUT2D eigenvalue weighted by molar-refractivity contribution is 0.330. The van der Waals surface area contributed by atoms with Crippen molar-refractivity contribution in [3.05, 3.63) is 36.8 Å². The number of benzene rings is 1. The quantitative estimate of drug-likeness (QED) is 0.717. The number of H-pyrrole nitrogens is 1. The van der Waals surface area contributed by atoms with Gasteiger partial charge in [0.2, 0.25) is 0 Å². The van der Waals surface area contributed by atoms with Gasteiger partial charge in [-0.1, -0.05) is 12.1 Å². The van der Waals surface area contributed by atoms with Crippen molar-refractivity contribution in [2.24, 2.45) is 5.73 Å². The highest BCUT2D eigenvalue weighted by Gasteiger charge is 1.99. The molecule has 4 nitrogen and oxygen atoms in total. The molecule has 1 aromatic carbocycles. The Balaban J connectivity index is 2.31. The Labute approximate surface area is 81.7 Å². The van der Waals surface area contributed by atoms with Gasteiger partial charge in [-0.3, -0.25) is 5.73 Å². The Hall–Kier alpha value is -1.81. The zero-order valence-corrected chi connectivity index (χ0v) is 7.60. The normalized spacial score (nSPS) is 10.1. The van der Waals surface area contributed by atoms with Gasteiger partial charge in [0.05, 0.1) is 18.2 Å². The minimum atomic E-state index is 0.187. The highest BCUT2D eigenvalue weighted by atomic mass is 16.5. The van der Waals surface area contributed by atoms with Crippen LogP contribution in [0.1, 0.15) is 0 Å². The molecule has 0 atom stereocenters. The fourth-order valence-corrected chi connectivity index (χ4v) is 1.26. The lowest BCUT2D eigenvalue weighted by Crippen LogP contribution is -2.07. The van der Waals surface area contributed by atoms with Crippen LogP contribution in [-0.4, -0.2) is 16.7 Å². The van der Waals surface area contributed by atoms with Crippen LogP contribution >= 0.6 is 0 Å². The molecule has 2 aromatic rings. The van der Waals surface area contributed by atoms with Crippen molar-refractivity contribution >= 4 is 0 Å². The summed E-state index contributed by atoms with van der Waals surface area (Å²) in [5, 5.41) is 0. The smallest absolute Gasteiger partial charge is 0.137 e. The van der Waals surface area contributed by atoms with Crippen LogP contribution in [0.15, 0.2) is 36.8 Å². The van der Waals surface area contributed by atoms with Crippen LogP contribution in [0.2, 0.25) is 0 Å². The van der Waals surface area contributed by atoms with Crippen molar-refractivity contribution in [3.8, 4) is 17.0 Å². The van der Waals surface area contributed by atoms with Crippen LogP contribution in [0, 0.1) is 0 Å². The molecule has 0 aliphatic heterocycles. The molecule has 0 radical (unpaired) electrons. The third kappa shape index (κ3) is 1.75. The minimum absolute atomic E-state index is 0.187. The van der Waals surface area contributed by atoms with E-state index in [4.69, 9.17) is 10.5 Å². The van der Waals surface area contributed by atoms with Gasteiger partial charge in [0.15, 0.2) is 0 Å². The summed E-state index contributed by atoms with van der Waals surface area (Å²) >= 11 is 0. The number of nitrogens with zero attached hydrogens (tertiary/aromatic N) is 1. The second-order valence-electron chi connectivity index (χ2n) is 2.80. The van der Waals surface area contributed by atoms with Crippen molar-refractivity contribution in [1.82, 2.24) is 9.97 Å². The van der Waals surface area contributed by atoms with Gasteiger partial charge in [0.25, 0.3) is 0 Å². The number of rotatable bonds is 3. The third-order valence-corrected chi connectivity index (χ3v) is 1.89. The summed E-state index contributed by atoms with van der Waals surface area (Å²) in [5.74, 6) is 0.764. The van der Waals surface area contributed by atoms with Gasteiger partial charge in [-0.25, -0.2) is 4.98 Å². The second-order valence-corrected chi connectivity index (χ2v) is 2.80. The Morgan fingerprint density at radius 3 is 3.07 bits per heavy atom. The van der Waals surface area contributed by atoms with Crippen LogP contribution in [0.5, 0.6) is 5.75 Å². The number of nitrogens with one attached hydrogen (secondary N) is 1. The highest BCUT2D eigenvalue weighted by Crippen LogP contribution is 2.21. The molecule has 0 unspecified atom stereocenters. The van der Waals surface area contributed by atoms with Crippen molar-refractivity contribution in [2.45, 2.75) is 0 Å². The number of hydrogen-bond donors (Lipinski definition) is 2. The lowest BCUT2D eigenvalue weighted by Gasteiger charge is -2.03. The largest absolute Gasteiger partial charge is 0.479 e. The highest BCUT2D eigenvalue weighted by molar-refractivity contribution is 5.60. The number of hydrogen-bond acceptors (Lipinski definition) is 3. The van der Waals surface area contributed by atoms with Gasteiger partial charge in [-0.05, 0) is 12.1 Å². The monoisotopic (exact) mass is 189 g/mol. The zero-order chi connectivity index (χ0) is 9.80. The van der Waals surface area contributed by atoms with E-state index in [-0.39, 0.29) is 6.73 Å². The molecule has 2 rings (SSSR count). The maximum absolute atomic E-state index is 5.29. The third-order valence-electron chi connectivity index (χ3n) is 1.89. The first-order valence-corrected chi connectivity index (χ1v) is 4.32. The van der Waals surface area contributed by atoms with Gasteiger partial charge < -0.3 is 9.72 Å². The van der Waals surface area contributed by atoms with E-state index >= 15 is 0 Å². The van der Waals surface area contributed by atoms with Crippen molar-refractivity contribution in [3.63, 3.8) is 0 Å². The van der Waals surface area contributed by atoms with Crippen molar-refractivity contribution in [1.29, 1.82) is 0 Å². The van der Waals surface area contributed by atoms with E-state index in [1.54, 1.807) is 12.5 Å². The molecule has 0 spiro atoms. The van der Waals surface area contributed by atoms with Gasteiger partial charge in [0, 0.05) is 5.56 Å². The molecule has 3 N–H and O–H groups in total. The molecule has 0 saturated carbocycles. The van der Waals surface area contributed by atoms with E-state index < -0.39 is 0 Å². The SMILES string of the molecule is NCOc1cccc(-c2cnc[nH]2)c1. The van der Waals surface area contributed by atoms with Crippen molar-refractivity contribution < 1.29 is 4.74 Å². The standard InChI is InChI=1S/C10H11N3O/c11-6-14-9-3-1-2-8(4-9)10-5-12-7-13-10/h1-5,7H,6,11H2,(H,12,13). The summed E-state index contributed by atoms with van der Waals surface area (Å²) in [6, 6.07) is 7.69. The van der Waals surface area contributed by atoms with Crippen LogP contribution in [0.3, 0.4) is 0 Å². The Bertz CT molecular complexity index is 398. The molecule has 0 aliphatic rings. The number of imidazole rings is 1. The number of aromatic amines is 1. The maximum Gasteiger partial charge on any atom is 0.137 e. The molecule has 1 heterocycles. The predicted octanol–water partition coefficient (Wildman–Crippen LogP) is 1.37. The van der Waals surface area contributed by atoms with E-state index in [1.807, 2.05) is 24.3 Å². The van der Waals surface area contributed by atoms with Crippen LogP contribution in [0.4, 0.5) is 0 Å². The van der Waals surface area contributed by atoms with Gasteiger partial charge in [0.1, 0.15) is 12.5 Å². The van der Waals surface area contributed by atoms with Crippen LogP contribution in [0.25, 0.3) is 11.3 Å². The maximum atomic E-state index is 5.29. The summed E-state index contributed by atoms with van der Waals surface area (Å²) in [7, 11) is 0. The zero-order valence-electron chi connectivity index (χ0n) is 7.60. The Morgan fingerprint density at radius 1 is 1.43 bits per heavy atom. The summed E-state index contributed by atoms with van der Waals surface area (Å²) < 4.78 is 5.19. The molecule has 0 bridgehead atoms. The van der Waals surface area contributed by atoms with E-state index in [2.05, 4.69) is 9.97 Å². The minimum Gasteiger partial charge on any atom is -0.479 e. The molecular formula is C10H11N3O. The fraction of sp³-hybridized carbons (Fsp3) is 0.100. The summed E-state index contributed by atoms with van der Waals surface area (Å²) in [6.07, 6.45) is 3.41. The first kappa shape index (κ1) is 8.77.